The summed E-state index contributed by atoms with van der Waals surface area (Å²) >= 11 is 0. The normalized spacial score (nSPS) is 10.9. The van der Waals surface area contributed by atoms with Gasteiger partial charge in [-0.05, 0) is 41.8 Å². The van der Waals surface area contributed by atoms with E-state index < -0.39 is 22.3 Å². The third-order valence-corrected chi connectivity index (χ3v) is 3.87. The number of anilines is 1. The van der Waals surface area contributed by atoms with Gasteiger partial charge in [-0.2, -0.15) is 0 Å². The summed E-state index contributed by atoms with van der Waals surface area (Å²) in [6.07, 6.45) is 2.82. The van der Waals surface area contributed by atoms with E-state index >= 15 is 0 Å². The Bertz CT molecular complexity index is 941. The Balaban J connectivity index is 1.96. The maximum absolute atomic E-state index is 13.2. The third kappa shape index (κ3) is 7.17. The maximum atomic E-state index is 13.2. The number of benzene rings is 2. The number of nitrogens with one attached hydrogen (secondary N) is 2. The van der Waals surface area contributed by atoms with E-state index in [1.807, 2.05) is 13.8 Å². The minimum absolute atomic E-state index is 0.0787. The average Bonchev–Trinajstić information content (AvgIpc) is 2.64. The van der Waals surface area contributed by atoms with Crippen LogP contribution in [-0.4, -0.2) is 16.7 Å². The number of rotatable bonds is 8. The smallest absolute Gasteiger partial charge is 0.279 e. The van der Waals surface area contributed by atoms with Crippen molar-refractivity contribution in [3.63, 3.8) is 0 Å². The van der Waals surface area contributed by atoms with Gasteiger partial charge in [0.1, 0.15) is 5.82 Å². The molecule has 0 saturated heterocycles. The number of nitrogens with zero attached hydrogens (tertiary/aromatic N) is 1. The standard InChI is InChI=1S/C21H22FN3O4/c1-14(2)10-21(27)24-18-5-3-4-15(11-18)13-23-20(26)9-7-16-6-8-17(22)12-19(16)25(28)29/h3-9,11-12,14H,10,13H2,1-2H3,(H,23,26)(H,24,27). The van der Waals surface area contributed by atoms with E-state index in [9.17, 15) is 24.1 Å². The lowest BCUT2D eigenvalue weighted by Gasteiger charge is -2.09. The van der Waals surface area contributed by atoms with E-state index in [-0.39, 0.29) is 23.9 Å². The summed E-state index contributed by atoms with van der Waals surface area (Å²) in [5.41, 5.74) is 1.13. The highest BCUT2D eigenvalue weighted by Crippen LogP contribution is 2.21. The van der Waals surface area contributed by atoms with Crippen LogP contribution in [0.1, 0.15) is 31.4 Å². The van der Waals surface area contributed by atoms with Gasteiger partial charge >= 0.3 is 0 Å². The van der Waals surface area contributed by atoms with Gasteiger partial charge in [-0.3, -0.25) is 19.7 Å². The zero-order valence-electron chi connectivity index (χ0n) is 16.1. The quantitative estimate of drug-likeness (QED) is 0.397. The van der Waals surface area contributed by atoms with Gasteiger partial charge in [0.25, 0.3) is 5.69 Å². The number of nitro benzene ring substituents is 1. The maximum Gasteiger partial charge on any atom is 0.279 e. The number of amides is 2. The van der Waals surface area contributed by atoms with Crippen LogP contribution in [0.5, 0.6) is 0 Å². The Hall–Kier alpha value is -3.55. The van der Waals surface area contributed by atoms with Crippen LogP contribution >= 0.6 is 0 Å². The van der Waals surface area contributed by atoms with Gasteiger partial charge in [0.2, 0.25) is 11.8 Å². The zero-order valence-corrected chi connectivity index (χ0v) is 16.1. The molecule has 0 fully saturated rings. The van der Waals surface area contributed by atoms with Crippen molar-refractivity contribution >= 4 is 29.3 Å². The van der Waals surface area contributed by atoms with E-state index in [0.29, 0.717) is 12.1 Å². The van der Waals surface area contributed by atoms with Crippen LogP contribution in [0.2, 0.25) is 0 Å². The Kier molecular flexibility index (Phi) is 7.59. The summed E-state index contributed by atoms with van der Waals surface area (Å²) in [7, 11) is 0. The van der Waals surface area contributed by atoms with Gasteiger partial charge in [0.15, 0.2) is 0 Å². The molecule has 0 bridgehead atoms. The lowest BCUT2D eigenvalue weighted by Crippen LogP contribution is -2.20. The lowest BCUT2D eigenvalue weighted by atomic mass is 10.1. The molecule has 8 heteroatoms. The average molecular weight is 399 g/mol. The molecule has 0 aliphatic carbocycles. The lowest BCUT2D eigenvalue weighted by molar-refractivity contribution is -0.385. The molecular formula is C21H22FN3O4. The first-order valence-electron chi connectivity index (χ1n) is 9.03. The number of carbonyl (C=O) groups excluding carboxylic acids is 2. The number of hydrogen-bond acceptors (Lipinski definition) is 4. The number of nitro groups is 1. The molecule has 2 aromatic rings. The molecule has 7 nitrogen and oxygen atoms in total. The molecule has 2 aromatic carbocycles. The van der Waals surface area contributed by atoms with Gasteiger partial charge in [0.05, 0.1) is 16.6 Å². The van der Waals surface area contributed by atoms with Gasteiger partial charge in [0, 0.05) is 24.7 Å². The van der Waals surface area contributed by atoms with Crippen molar-refractivity contribution in [2.24, 2.45) is 5.92 Å². The van der Waals surface area contributed by atoms with E-state index in [4.69, 9.17) is 0 Å². The molecule has 0 aliphatic rings. The summed E-state index contributed by atoms with van der Waals surface area (Å²) in [4.78, 5) is 34.1. The molecule has 0 aromatic heterocycles. The predicted molar refractivity (Wildman–Crippen MR) is 108 cm³/mol. The molecular weight excluding hydrogens is 377 g/mol. The first-order chi connectivity index (χ1) is 13.7. The molecule has 2 rings (SSSR count). The Labute approximate surface area is 167 Å². The van der Waals surface area contributed by atoms with Crippen LogP contribution in [0.15, 0.2) is 48.5 Å². The first-order valence-corrected chi connectivity index (χ1v) is 9.03. The number of carbonyl (C=O) groups is 2. The number of halogens is 1. The molecule has 0 saturated carbocycles. The van der Waals surface area contributed by atoms with Crippen molar-refractivity contribution in [2.45, 2.75) is 26.8 Å². The molecule has 2 N–H and O–H groups in total. The minimum Gasteiger partial charge on any atom is -0.348 e. The fourth-order valence-corrected chi connectivity index (χ4v) is 2.57. The van der Waals surface area contributed by atoms with E-state index in [2.05, 4.69) is 10.6 Å². The highest BCUT2D eigenvalue weighted by molar-refractivity contribution is 5.92. The Morgan fingerprint density at radius 3 is 2.66 bits per heavy atom. The summed E-state index contributed by atoms with van der Waals surface area (Å²) in [5, 5.41) is 16.4. The highest BCUT2D eigenvalue weighted by atomic mass is 19.1. The van der Waals surface area contributed by atoms with Crippen LogP contribution in [0.25, 0.3) is 6.08 Å². The second-order valence-electron chi connectivity index (χ2n) is 6.86. The van der Waals surface area contributed by atoms with E-state index in [1.54, 1.807) is 24.3 Å². The fourth-order valence-electron chi connectivity index (χ4n) is 2.57. The monoisotopic (exact) mass is 399 g/mol. The molecule has 0 aliphatic heterocycles. The zero-order chi connectivity index (χ0) is 21.4. The minimum atomic E-state index is -0.723. The summed E-state index contributed by atoms with van der Waals surface area (Å²) in [5.74, 6) is -1.01. The molecule has 0 unspecified atom stereocenters. The van der Waals surface area contributed by atoms with Crippen LogP contribution in [0.3, 0.4) is 0 Å². The third-order valence-electron chi connectivity index (χ3n) is 3.87. The molecule has 152 valence electrons. The van der Waals surface area contributed by atoms with Gasteiger partial charge < -0.3 is 10.6 Å². The second-order valence-corrected chi connectivity index (χ2v) is 6.86. The topological polar surface area (TPSA) is 101 Å². The molecule has 0 atom stereocenters. The molecule has 0 heterocycles. The van der Waals surface area contributed by atoms with Gasteiger partial charge in [-0.15, -0.1) is 0 Å². The molecule has 0 spiro atoms. The first kappa shape index (κ1) is 21.7. The van der Waals surface area contributed by atoms with Crippen LogP contribution in [0.4, 0.5) is 15.8 Å². The van der Waals surface area contributed by atoms with Crippen LogP contribution in [0, 0.1) is 21.8 Å². The summed E-state index contributed by atoms with van der Waals surface area (Å²) < 4.78 is 13.2. The van der Waals surface area contributed by atoms with E-state index in [0.717, 1.165) is 23.8 Å². The van der Waals surface area contributed by atoms with Gasteiger partial charge in [-0.1, -0.05) is 26.0 Å². The molecule has 2 amide bonds. The van der Waals surface area contributed by atoms with E-state index in [1.165, 1.54) is 12.1 Å². The predicted octanol–water partition coefficient (Wildman–Crippen LogP) is 4.05. The van der Waals surface area contributed by atoms with Crippen molar-refractivity contribution in [3.8, 4) is 0 Å². The Morgan fingerprint density at radius 1 is 1.21 bits per heavy atom. The fraction of sp³-hybridized carbons (Fsp3) is 0.238. The van der Waals surface area contributed by atoms with Crippen molar-refractivity contribution < 1.29 is 18.9 Å². The van der Waals surface area contributed by atoms with Gasteiger partial charge in [-0.25, -0.2) is 4.39 Å². The van der Waals surface area contributed by atoms with Crippen molar-refractivity contribution in [1.82, 2.24) is 5.32 Å². The van der Waals surface area contributed by atoms with Crippen molar-refractivity contribution in [2.75, 3.05) is 5.32 Å². The molecule has 0 radical (unpaired) electrons. The highest BCUT2D eigenvalue weighted by Gasteiger charge is 2.13. The van der Waals surface area contributed by atoms with Crippen LogP contribution in [-0.2, 0) is 16.1 Å². The second kappa shape index (κ2) is 10.1. The largest absolute Gasteiger partial charge is 0.348 e. The van der Waals surface area contributed by atoms with Crippen molar-refractivity contribution in [3.05, 3.63) is 75.6 Å². The number of hydrogen-bond donors (Lipinski definition) is 2. The SMILES string of the molecule is CC(C)CC(=O)Nc1cccc(CNC(=O)C=Cc2ccc(F)cc2[N+](=O)[O-])c1. The summed E-state index contributed by atoms with van der Waals surface area (Å²) in [6.45, 7) is 4.13. The van der Waals surface area contributed by atoms with Crippen molar-refractivity contribution in [1.29, 1.82) is 0 Å². The Morgan fingerprint density at radius 2 is 1.97 bits per heavy atom. The van der Waals surface area contributed by atoms with Crippen LogP contribution < -0.4 is 10.6 Å². The summed E-state index contributed by atoms with van der Waals surface area (Å²) in [6, 6.07) is 10.2. The molecule has 29 heavy (non-hydrogen) atoms.